The summed E-state index contributed by atoms with van der Waals surface area (Å²) in [4.78, 5) is 14.4. The lowest BCUT2D eigenvalue weighted by Gasteiger charge is -2.40. The molecule has 1 atom stereocenters. The van der Waals surface area contributed by atoms with Gasteiger partial charge < -0.3 is 14.8 Å². The van der Waals surface area contributed by atoms with E-state index in [0.717, 1.165) is 58.3 Å². The fourth-order valence-corrected chi connectivity index (χ4v) is 3.27. The molecule has 0 aromatic carbocycles. The highest BCUT2D eigenvalue weighted by atomic mass is 16.7. The van der Waals surface area contributed by atoms with Gasteiger partial charge in [-0.15, -0.1) is 0 Å². The second-order valence-corrected chi connectivity index (χ2v) is 6.32. The number of rotatable bonds is 6. The minimum atomic E-state index is -0.316. The Kier molecular flexibility index (Phi) is 6.02. The Hall–Kier alpha value is -0.650. The van der Waals surface area contributed by atoms with Crippen LogP contribution < -0.4 is 5.32 Å². The second kappa shape index (κ2) is 7.56. The van der Waals surface area contributed by atoms with Crippen molar-refractivity contribution in [1.29, 1.82) is 0 Å². The molecule has 5 nitrogen and oxygen atoms in total. The number of ether oxygens (including phenoxy) is 2. The van der Waals surface area contributed by atoms with Gasteiger partial charge in [-0.2, -0.15) is 0 Å². The molecule has 1 aliphatic carbocycles. The third-order valence-corrected chi connectivity index (χ3v) is 4.93. The Morgan fingerprint density at radius 1 is 1.33 bits per heavy atom. The molecule has 0 radical (unpaired) electrons. The van der Waals surface area contributed by atoms with Crippen molar-refractivity contribution in [3.8, 4) is 0 Å². The maximum atomic E-state index is 12.1. The van der Waals surface area contributed by atoms with Gasteiger partial charge in [0, 0.05) is 25.4 Å². The van der Waals surface area contributed by atoms with Crippen LogP contribution in [0.15, 0.2) is 0 Å². The summed E-state index contributed by atoms with van der Waals surface area (Å²) in [6, 6.07) is 0.363. The topological polar surface area (TPSA) is 50.8 Å². The van der Waals surface area contributed by atoms with Gasteiger partial charge in [0.05, 0.1) is 19.3 Å². The van der Waals surface area contributed by atoms with Crippen LogP contribution >= 0.6 is 0 Å². The largest absolute Gasteiger partial charge is 0.355 e. The van der Waals surface area contributed by atoms with E-state index >= 15 is 0 Å². The Morgan fingerprint density at radius 3 is 2.52 bits per heavy atom. The minimum absolute atomic E-state index is 0.0775. The molecule has 1 amide bonds. The van der Waals surface area contributed by atoms with Crippen LogP contribution in [0.4, 0.5) is 0 Å². The number of carbonyl (C=O) groups is 1. The summed E-state index contributed by atoms with van der Waals surface area (Å²) in [5.74, 6) is -0.177. The van der Waals surface area contributed by atoms with Gasteiger partial charge in [0.2, 0.25) is 5.91 Å². The van der Waals surface area contributed by atoms with E-state index in [1.165, 1.54) is 0 Å². The molecule has 1 unspecified atom stereocenters. The van der Waals surface area contributed by atoms with Crippen molar-refractivity contribution in [2.45, 2.75) is 70.2 Å². The van der Waals surface area contributed by atoms with Crippen LogP contribution in [0.2, 0.25) is 0 Å². The molecule has 2 rings (SSSR count). The molecule has 2 fully saturated rings. The zero-order chi connectivity index (χ0) is 15.3. The van der Waals surface area contributed by atoms with E-state index in [1.807, 2.05) is 6.92 Å². The summed E-state index contributed by atoms with van der Waals surface area (Å²) in [6.45, 7) is 6.34. The normalized spacial score (nSPS) is 23.6. The standard InChI is InChI=1S/C16H30N2O3/c1-4-5-10-17-15(19)13(2)18(3)14-6-8-16(9-7-14)20-11-12-21-16/h13-14H,4-12H2,1-3H3,(H,17,19). The van der Waals surface area contributed by atoms with Crippen molar-refractivity contribution in [2.75, 3.05) is 26.8 Å². The van der Waals surface area contributed by atoms with Crippen LogP contribution in [-0.2, 0) is 14.3 Å². The second-order valence-electron chi connectivity index (χ2n) is 6.32. The predicted octanol–water partition coefficient (Wildman–Crippen LogP) is 1.91. The fraction of sp³-hybridized carbons (Fsp3) is 0.938. The van der Waals surface area contributed by atoms with Crippen LogP contribution in [-0.4, -0.2) is 55.5 Å². The molecule has 0 aromatic heterocycles. The Balaban J connectivity index is 1.77. The molecule has 2 aliphatic rings. The van der Waals surface area contributed by atoms with Crippen molar-refractivity contribution in [2.24, 2.45) is 0 Å². The van der Waals surface area contributed by atoms with E-state index in [4.69, 9.17) is 9.47 Å². The first-order valence-electron chi connectivity index (χ1n) is 8.35. The zero-order valence-electron chi connectivity index (χ0n) is 13.7. The van der Waals surface area contributed by atoms with Gasteiger partial charge in [0.25, 0.3) is 0 Å². The molecule has 122 valence electrons. The van der Waals surface area contributed by atoms with Crippen molar-refractivity contribution in [1.82, 2.24) is 10.2 Å². The summed E-state index contributed by atoms with van der Waals surface area (Å²) >= 11 is 0. The van der Waals surface area contributed by atoms with Gasteiger partial charge in [-0.25, -0.2) is 0 Å². The highest BCUT2D eigenvalue weighted by molar-refractivity contribution is 5.81. The van der Waals surface area contributed by atoms with Gasteiger partial charge in [0.1, 0.15) is 0 Å². The molecular weight excluding hydrogens is 268 g/mol. The highest BCUT2D eigenvalue weighted by Gasteiger charge is 2.41. The predicted molar refractivity (Wildman–Crippen MR) is 82.0 cm³/mol. The lowest BCUT2D eigenvalue weighted by molar-refractivity contribution is -0.184. The summed E-state index contributed by atoms with van der Waals surface area (Å²) in [6.07, 6.45) is 6.09. The number of hydrogen-bond donors (Lipinski definition) is 1. The van der Waals surface area contributed by atoms with Gasteiger partial charge >= 0.3 is 0 Å². The van der Waals surface area contributed by atoms with Crippen LogP contribution in [0.25, 0.3) is 0 Å². The van der Waals surface area contributed by atoms with E-state index in [2.05, 4.69) is 24.2 Å². The first-order valence-corrected chi connectivity index (χ1v) is 8.35. The van der Waals surface area contributed by atoms with Crippen molar-refractivity contribution in [3.05, 3.63) is 0 Å². The summed E-state index contributed by atoms with van der Waals surface area (Å²) in [5, 5.41) is 3.02. The zero-order valence-corrected chi connectivity index (χ0v) is 13.7. The van der Waals surface area contributed by atoms with Crippen LogP contribution in [0.1, 0.15) is 52.4 Å². The smallest absolute Gasteiger partial charge is 0.237 e. The molecule has 21 heavy (non-hydrogen) atoms. The van der Waals surface area contributed by atoms with Gasteiger partial charge in [-0.05, 0) is 33.2 Å². The van der Waals surface area contributed by atoms with E-state index in [-0.39, 0.29) is 17.7 Å². The number of hydrogen-bond acceptors (Lipinski definition) is 4. The lowest BCUT2D eigenvalue weighted by Crippen LogP contribution is -2.50. The van der Waals surface area contributed by atoms with E-state index < -0.39 is 0 Å². The number of carbonyl (C=O) groups excluding carboxylic acids is 1. The lowest BCUT2D eigenvalue weighted by atomic mass is 9.88. The fourth-order valence-electron chi connectivity index (χ4n) is 3.27. The number of unbranched alkanes of at least 4 members (excludes halogenated alkanes) is 1. The molecule has 1 spiro atoms. The highest BCUT2D eigenvalue weighted by Crippen LogP contribution is 2.37. The van der Waals surface area contributed by atoms with Crippen molar-refractivity contribution >= 4 is 5.91 Å². The van der Waals surface area contributed by atoms with Crippen LogP contribution in [0.3, 0.4) is 0 Å². The monoisotopic (exact) mass is 298 g/mol. The average Bonchev–Trinajstić information content (AvgIpc) is 2.95. The van der Waals surface area contributed by atoms with Crippen LogP contribution in [0.5, 0.6) is 0 Å². The summed E-state index contributed by atoms with van der Waals surface area (Å²) < 4.78 is 11.5. The third-order valence-electron chi connectivity index (χ3n) is 4.93. The third kappa shape index (κ3) is 4.18. The molecule has 0 bridgehead atoms. The van der Waals surface area contributed by atoms with E-state index in [9.17, 15) is 4.79 Å². The van der Waals surface area contributed by atoms with Crippen LogP contribution in [0, 0.1) is 0 Å². The van der Waals surface area contributed by atoms with Gasteiger partial charge in [-0.1, -0.05) is 13.3 Å². The molecule has 1 saturated heterocycles. The Labute approximate surface area is 128 Å². The summed E-state index contributed by atoms with van der Waals surface area (Å²) in [5.41, 5.74) is 0. The van der Waals surface area contributed by atoms with Gasteiger partial charge in [-0.3, -0.25) is 9.69 Å². The molecule has 1 N–H and O–H groups in total. The number of likely N-dealkylation sites (N-methyl/N-ethyl adjacent to an activating group) is 1. The molecule has 1 saturated carbocycles. The summed E-state index contributed by atoms with van der Waals surface area (Å²) in [7, 11) is 2.06. The number of nitrogens with zero attached hydrogens (tertiary/aromatic N) is 1. The van der Waals surface area contributed by atoms with E-state index in [0.29, 0.717) is 6.04 Å². The Bertz CT molecular complexity index is 332. The first kappa shape index (κ1) is 16.7. The van der Waals surface area contributed by atoms with E-state index in [1.54, 1.807) is 0 Å². The van der Waals surface area contributed by atoms with Crippen molar-refractivity contribution < 1.29 is 14.3 Å². The molecular formula is C16H30N2O3. The molecule has 0 aromatic rings. The van der Waals surface area contributed by atoms with Gasteiger partial charge in [0.15, 0.2) is 5.79 Å². The number of nitrogens with one attached hydrogen (secondary N) is 1. The molecule has 5 heteroatoms. The average molecular weight is 298 g/mol. The SMILES string of the molecule is CCCCNC(=O)C(C)N(C)C1CCC2(CC1)OCCO2. The van der Waals surface area contributed by atoms with Crippen molar-refractivity contribution in [3.63, 3.8) is 0 Å². The maximum absolute atomic E-state index is 12.1. The molecule has 1 heterocycles. The maximum Gasteiger partial charge on any atom is 0.237 e. The quantitative estimate of drug-likeness (QED) is 0.761. The minimum Gasteiger partial charge on any atom is -0.355 e. The number of amides is 1. The first-order chi connectivity index (χ1) is 10.1. The molecule has 1 aliphatic heterocycles. The Morgan fingerprint density at radius 2 is 1.95 bits per heavy atom.